The van der Waals surface area contributed by atoms with Gasteiger partial charge in [0, 0.05) is 23.7 Å². The second-order valence-corrected chi connectivity index (χ2v) is 4.09. The molecule has 0 amide bonds. The fraction of sp³-hybridized carbons (Fsp3) is 0.273. The summed E-state index contributed by atoms with van der Waals surface area (Å²) in [6.07, 6.45) is 1.68. The molecule has 0 aliphatic carbocycles. The first-order chi connectivity index (χ1) is 7.09. The van der Waals surface area contributed by atoms with Gasteiger partial charge < -0.3 is 4.57 Å². The van der Waals surface area contributed by atoms with Crippen molar-refractivity contribution >= 4 is 22.5 Å². The Morgan fingerprint density at radius 1 is 1.40 bits per heavy atom. The molecule has 0 aromatic carbocycles. The van der Waals surface area contributed by atoms with E-state index in [2.05, 4.69) is 4.98 Å². The van der Waals surface area contributed by atoms with Crippen LogP contribution in [-0.2, 0) is 0 Å². The Hall–Kier alpha value is -1.35. The van der Waals surface area contributed by atoms with E-state index in [9.17, 15) is 4.79 Å². The molecule has 0 fully saturated rings. The van der Waals surface area contributed by atoms with Crippen LogP contribution < -0.4 is 5.56 Å². The monoisotopic (exact) mass is 222 g/mol. The molecule has 2 heterocycles. The maximum atomic E-state index is 11.7. The van der Waals surface area contributed by atoms with Crippen LogP contribution in [0.5, 0.6) is 0 Å². The van der Waals surface area contributed by atoms with Crippen LogP contribution in [0.3, 0.4) is 0 Å². The van der Waals surface area contributed by atoms with Gasteiger partial charge in [-0.25, -0.2) is 4.98 Å². The van der Waals surface area contributed by atoms with Crippen LogP contribution >= 0.6 is 11.6 Å². The van der Waals surface area contributed by atoms with Gasteiger partial charge in [-0.2, -0.15) is 0 Å². The van der Waals surface area contributed by atoms with Crippen LogP contribution in [0.4, 0.5) is 0 Å². The van der Waals surface area contributed by atoms with E-state index in [4.69, 9.17) is 11.6 Å². The second kappa shape index (κ2) is 3.66. The van der Waals surface area contributed by atoms with Crippen LogP contribution in [0, 0.1) is 0 Å². The number of aromatic nitrogens is 2. The van der Waals surface area contributed by atoms with Gasteiger partial charge >= 0.3 is 0 Å². The third-order valence-corrected chi connectivity index (χ3v) is 2.50. The average Bonchev–Trinajstić information content (AvgIpc) is 2.16. The topological polar surface area (TPSA) is 34.9 Å². The molecule has 0 saturated carbocycles. The normalized spacial score (nSPS) is 11.2. The molecule has 2 rings (SSSR count). The highest BCUT2D eigenvalue weighted by atomic mass is 35.5. The number of pyridine rings is 2. The van der Waals surface area contributed by atoms with Crippen molar-refractivity contribution in [1.29, 1.82) is 0 Å². The van der Waals surface area contributed by atoms with E-state index < -0.39 is 0 Å². The number of hydrogen-bond donors (Lipinski definition) is 0. The Morgan fingerprint density at radius 2 is 2.13 bits per heavy atom. The largest absolute Gasteiger partial charge is 0.306 e. The zero-order valence-corrected chi connectivity index (χ0v) is 9.32. The molecule has 0 aliphatic rings. The molecule has 3 nitrogen and oxygen atoms in total. The van der Waals surface area contributed by atoms with E-state index in [0.29, 0.717) is 5.15 Å². The Balaban J connectivity index is 2.91. The molecule has 0 bridgehead atoms. The summed E-state index contributed by atoms with van der Waals surface area (Å²) < 4.78 is 1.71. The molecule has 0 unspecified atom stereocenters. The summed E-state index contributed by atoms with van der Waals surface area (Å²) in [5.74, 6) is 0. The third-order valence-electron chi connectivity index (χ3n) is 2.30. The molecule has 2 aromatic rings. The fourth-order valence-corrected chi connectivity index (χ4v) is 1.81. The maximum Gasteiger partial charge on any atom is 0.251 e. The summed E-state index contributed by atoms with van der Waals surface area (Å²) in [6, 6.07) is 5.15. The van der Waals surface area contributed by atoms with Crippen molar-refractivity contribution in [3.63, 3.8) is 0 Å². The van der Waals surface area contributed by atoms with Gasteiger partial charge in [0.1, 0.15) is 5.15 Å². The molecule has 78 valence electrons. The minimum atomic E-state index is -0.0141. The predicted molar refractivity (Wildman–Crippen MR) is 61.4 cm³/mol. The van der Waals surface area contributed by atoms with Crippen molar-refractivity contribution in [1.82, 2.24) is 9.55 Å². The second-order valence-electron chi connectivity index (χ2n) is 3.70. The van der Waals surface area contributed by atoms with Crippen LogP contribution in [0.25, 0.3) is 10.9 Å². The molecular weight excluding hydrogens is 212 g/mol. The van der Waals surface area contributed by atoms with Crippen molar-refractivity contribution in [3.05, 3.63) is 39.9 Å². The third kappa shape index (κ3) is 1.75. The summed E-state index contributed by atoms with van der Waals surface area (Å²) >= 11 is 5.82. The van der Waals surface area contributed by atoms with Gasteiger partial charge in [0.2, 0.25) is 0 Å². The Bertz CT molecular complexity index is 560. The minimum Gasteiger partial charge on any atom is -0.306 e. The molecule has 0 aliphatic heterocycles. The highest BCUT2D eigenvalue weighted by Gasteiger charge is 2.06. The molecule has 0 atom stereocenters. The highest BCUT2D eigenvalue weighted by Crippen LogP contribution is 2.17. The van der Waals surface area contributed by atoms with E-state index in [1.54, 1.807) is 29.0 Å². The van der Waals surface area contributed by atoms with Gasteiger partial charge in [0.05, 0.1) is 5.52 Å². The van der Waals surface area contributed by atoms with Crippen LogP contribution in [0.2, 0.25) is 5.15 Å². The predicted octanol–water partition coefficient (Wildman–Crippen LogP) is 2.63. The number of rotatable bonds is 1. The lowest BCUT2D eigenvalue weighted by atomic mass is 10.2. The lowest BCUT2D eigenvalue weighted by Crippen LogP contribution is -2.21. The van der Waals surface area contributed by atoms with Gasteiger partial charge in [-0.1, -0.05) is 11.6 Å². The van der Waals surface area contributed by atoms with Crippen LogP contribution in [0.15, 0.2) is 29.2 Å². The van der Waals surface area contributed by atoms with Crippen molar-refractivity contribution in [2.45, 2.75) is 19.9 Å². The van der Waals surface area contributed by atoms with Crippen molar-refractivity contribution in [2.24, 2.45) is 0 Å². The zero-order valence-electron chi connectivity index (χ0n) is 8.57. The molecule has 0 N–H and O–H groups in total. The first-order valence-corrected chi connectivity index (χ1v) is 5.14. The smallest absolute Gasteiger partial charge is 0.251 e. The Kier molecular flexibility index (Phi) is 2.49. The SMILES string of the molecule is CC(C)n1c(=O)ccc2cnc(Cl)cc21. The average molecular weight is 223 g/mol. The van der Waals surface area contributed by atoms with Gasteiger partial charge in [-0.05, 0) is 26.0 Å². The van der Waals surface area contributed by atoms with E-state index in [1.165, 1.54) is 0 Å². The maximum absolute atomic E-state index is 11.7. The Labute approximate surface area is 92.3 Å². The lowest BCUT2D eigenvalue weighted by molar-refractivity contribution is 0.600. The number of fused-ring (bicyclic) bond motifs is 1. The van der Waals surface area contributed by atoms with Gasteiger partial charge in [-0.15, -0.1) is 0 Å². The fourth-order valence-electron chi connectivity index (χ4n) is 1.66. The molecular formula is C11H11ClN2O. The molecule has 4 heteroatoms. The number of nitrogens with zero attached hydrogens (tertiary/aromatic N) is 2. The van der Waals surface area contributed by atoms with E-state index >= 15 is 0 Å². The standard InChI is InChI=1S/C11H11ClN2O/c1-7(2)14-9-5-10(12)13-6-8(9)3-4-11(14)15/h3-7H,1-2H3. The number of hydrogen-bond acceptors (Lipinski definition) is 2. The summed E-state index contributed by atoms with van der Waals surface area (Å²) in [5.41, 5.74) is 0.817. The molecule has 15 heavy (non-hydrogen) atoms. The summed E-state index contributed by atoms with van der Waals surface area (Å²) in [4.78, 5) is 15.7. The van der Waals surface area contributed by atoms with Crippen molar-refractivity contribution in [2.75, 3.05) is 0 Å². The van der Waals surface area contributed by atoms with Gasteiger partial charge in [0.15, 0.2) is 0 Å². The molecule has 0 spiro atoms. The van der Waals surface area contributed by atoms with E-state index in [1.807, 2.05) is 13.8 Å². The molecule has 2 aromatic heterocycles. The lowest BCUT2D eigenvalue weighted by Gasteiger charge is -2.13. The quantitative estimate of drug-likeness (QED) is 0.696. The zero-order chi connectivity index (χ0) is 11.0. The van der Waals surface area contributed by atoms with Crippen LogP contribution in [0.1, 0.15) is 19.9 Å². The number of halogens is 1. The first-order valence-electron chi connectivity index (χ1n) is 4.76. The minimum absolute atomic E-state index is 0.0141. The highest BCUT2D eigenvalue weighted by molar-refractivity contribution is 6.29. The van der Waals surface area contributed by atoms with Gasteiger partial charge in [0.25, 0.3) is 5.56 Å². The van der Waals surface area contributed by atoms with Gasteiger partial charge in [-0.3, -0.25) is 4.79 Å². The molecule has 0 radical (unpaired) electrons. The van der Waals surface area contributed by atoms with Crippen molar-refractivity contribution < 1.29 is 0 Å². The first kappa shape index (κ1) is 10.2. The van der Waals surface area contributed by atoms with Crippen molar-refractivity contribution in [3.8, 4) is 0 Å². The van der Waals surface area contributed by atoms with Crippen LogP contribution in [-0.4, -0.2) is 9.55 Å². The summed E-state index contributed by atoms with van der Waals surface area (Å²) in [7, 11) is 0. The summed E-state index contributed by atoms with van der Waals surface area (Å²) in [6.45, 7) is 3.93. The Morgan fingerprint density at radius 3 is 2.80 bits per heavy atom. The molecule has 0 saturated heterocycles. The summed E-state index contributed by atoms with van der Waals surface area (Å²) in [5, 5.41) is 1.33. The van der Waals surface area contributed by atoms with E-state index in [-0.39, 0.29) is 11.6 Å². The van der Waals surface area contributed by atoms with E-state index in [0.717, 1.165) is 10.9 Å².